The first-order valence-corrected chi connectivity index (χ1v) is 4.97. The predicted molar refractivity (Wildman–Crippen MR) is 49.0 cm³/mol. The van der Waals surface area contributed by atoms with Crippen LogP contribution in [0.1, 0.15) is 30.3 Å². The lowest BCUT2D eigenvalue weighted by Gasteiger charge is -2.26. The largest absolute Gasteiger partial charge is 0.307 e. The van der Waals surface area contributed by atoms with E-state index in [9.17, 15) is 0 Å². The van der Waals surface area contributed by atoms with E-state index in [0.29, 0.717) is 12.1 Å². The van der Waals surface area contributed by atoms with Gasteiger partial charge in [-0.2, -0.15) is 0 Å². The molecular formula is C9H13NS. The highest BCUT2D eigenvalue weighted by molar-refractivity contribution is 7.10. The fourth-order valence-corrected chi connectivity index (χ4v) is 2.86. The van der Waals surface area contributed by atoms with Crippen LogP contribution in [0.3, 0.4) is 0 Å². The smallest absolute Gasteiger partial charge is 0.0305 e. The summed E-state index contributed by atoms with van der Waals surface area (Å²) < 4.78 is 0. The van der Waals surface area contributed by atoms with Crippen LogP contribution in [0.4, 0.5) is 0 Å². The van der Waals surface area contributed by atoms with Crippen molar-refractivity contribution in [2.75, 3.05) is 0 Å². The molecule has 0 aliphatic carbocycles. The molecule has 1 aliphatic heterocycles. The Morgan fingerprint density at radius 1 is 1.55 bits per heavy atom. The van der Waals surface area contributed by atoms with Crippen LogP contribution < -0.4 is 5.32 Å². The summed E-state index contributed by atoms with van der Waals surface area (Å²) in [6.07, 6.45) is 1.21. The standard InChI is InChI=1S/C9H13NS/c1-6-5-9-8(3-4-11-9)7(2)10-6/h3-4,6-7,10H,5H2,1-2H3. The lowest BCUT2D eigenvalue weighted by atomic mass is 10.00. The average Bonchev–Trinajstić information content (AvgIpc) is 2.34. The van der Waals surface area contributed by atoms with E-state index >= 15 is 0 Å². The molecule has 0 fully saturated rings. The summed E-state index contributed by atoms with van der Waals surface area (Å²) in [5, 5.41) is 5.72. The van der Waals surface area contributed by atoms with Crippen LogP contribution in [0, 0.1) is 0 Å². The van der Waals surface area contributed by atoms with Gasteiger partial charge in [0, 0.05) is 17.0 Å². The molecule has 2 heteroatoms. The molecule has 60 valence electrons. The van der Waals surface area contributed by atoms with Gasteiger partial charge in [0.2, 0.25) is 0 Å². The lowest BCUT2D eigenvalue weighted by Crippen LogP contribution is -2.34. The highest BCUT2D eigenvalue weighted by atomic mass is 32.1. The van der Waals surface area contributed by atoms with E-state index < -0.39 is 0 Å². The maximum Gasteiger partial charge on any atom is 0.0305 e. The Balaban J connectivity index is 2.36. The molecule has 1 aromatic rings. The summed E-state index contributed by atoms with van der Waals surface area (Å²) in [5.41, 5.74) is 1.51. The lowest BCUT2D eigenvalue weighted by molar-refractivity contribution is 0.451. The van der Waals surface area contributed by atoms with Crippen molar-refractivity contribution in [3.63, 3.8) is 0 Å². The first-order chi connectivity index (χ1) is 5.27. The number of thiophene rings is 1. The Morgan fingerprint density at radius 3 is 3.18 bits per heavy atom. The average molecular weight is 167 g/mol. The van der Waals surface area contributed by atoms with Crippen molar-refractivity contribution in [1.82, 2.24) is 5.32 Å². The molecule has 0 amide bonds. The maximum absolute atomic E-state index is 3.53. The second-order valence-electron chi connectivity index (χ2n) is 3.29. The monoisotopic (exact) mass is 167 g/mol. The Labute approximate surface area is 71.4 Å². The van der Waals surface area contributed by atoms with Crippen molar-refractivity contribution in [2.24, 2.45) is 0 Å². The van der Waals surface area contributed by atoms with Crippen molar-refractivity contribution in [3.05, 3.63) is 21.9 Å². The van der Waals surface area contributed by atoms with Crippen LogP contribution in [-0.4, -0.2) is 6.04 Å². The van der Waals surface area contributed by atoms with Crippen LogP contribution in [-0.2, 0) is 6.42 Å². The van der Waals surface area contributed by atoms with Crippen LogP contribution in [0.25, 0.3) is 0 Å². The molecule has 11 heavy (non-hydrogen) atoms. The number of nitrogens with one attached hydrogen (secondary N) is 1. The number of hydrogen-bond donors (Lipinski definition) is 1. The van der Waals surface area contributed by atoms with Crippen molar-refractivity contribution in [3.8, 4) is 0 Å². The van der Waals surface area contributed by atoms with Crippen LogP contribution >= 0.6 is 11.3 Å². The zero-order chi connectivity index (χ0) is 7.84. The SMILES string of the molecule is CC1Cc2sccc2C(C)N1. The van der Waals surface area contributed by atoms with Gasteiger partial charge >= 0.3 is 0 Å². The van der Waals surface area contributed by atoms with Crippen molar-refractivity contribution in [1.29, 1.82) is 0 Å². The molecule has 0 spiro atoms. The van der Waals surface area contributed by atoms with E-state index in [2.05, 4.69) is 30.6 Å². The Kier molecular flexibility index (Phi) is 1.74. The molecule has 1 N–H and O–H groups in total. The first-order valence-electron chi connectivity index (χ1n) is 4.09. The summed E-state index contributed by atoms with van der Waals surface area (Å²) in [5.74, 6) is 0. The Morgan fingerprint density at radius 2 is 2.36 bits per heavy atom. The van der Waals surface area contributed by atoms with Gasteiger partial charge in [0.1, 0.15) is 0 Å². The van der Waals surface area contributed by atoms with Crippen LogP contribution in [0.5, 0.6) is 0 Å². The molecule has 2 atom stereocenters. The van der Waals surface area contributed by atoms with Gasteiger partial charge in [-0.1, -0.05) is 0 Å². The molecule has 0 saturated carbocycles. The second-order valence-corrected chi connectivity index (χ2v) is 4.29. The van der Waals surface area contributed by atoms with E-state index in [1.54, 1.807) is 4.88 Å². The third-order valence-corrected chi connectivity index (χ3v) is 3.23. The highest BCUT2D eigenvalue weighted by Crippen LogP contribution is 2.28. The molecule has 2 rings (SSSR count). The first kappa shape index (κ1) is 7.32. The van der Waals surface area contributed by atoms with E-state index in [1.807, 2.05) is 11.3 Å². The molecule has 2 unspecified atom stereocenters. The Hall–Kier alpha value is -0.340. The number of rotatable bonds is 0. The zero-order valence-corrected chi connectivity index (χ0v) is 7.74. The van der Waals surface area contributed by atoms with Gasteiger partial charge in [-0.15, -0.1) is 11.3 Å². The maximum atomic E-state index is 3.53. The molecule has 0 aromatic carbocycles. The molecule has 0 radical (unpaired) electrons. The van der Waals surface area contributed by atoms with E-state index in [1.165, 1.54) is 12.0 Å². The van der Waals surface area contributed by atoms with Crippen molar-refractivity contribution < 1.29 is 0 Å². The molecular weight excluding hydrogens is 154 g/mol. The third kappa shape index (κ3) is 1.21. The second kappa shape index (κ2) is 2.61. The molecule has 0 bridgehead atoms. The fraction of sp³-hybridized carbons (Fsp3) is 0.556. The zero-order valence-electron chi connectivity index (χ0n) is 6.92. The van der Waals surface area contributed by atoms with E-state index in [4.69, 9.17) is 0 Å². The molecule has 1 aromatic heterocycles. The quantitative estimate of drug-likeness (QED) is 0.625. The van der Waals surface area contributed by atoms with Crippen LogP contribution in [0.2, 0.25) is 0 Å². The number of fused-ring (bicyclic) bond motifs is 1. The molecule has 1 aliphatic rings. The summed E-state index contributed by atoms with van der Waals surface area (Å²) >= 11 is 1.89. The minimum atomic E-state index is 0.556. The van der Waals surface area contributed by atoms with Gasteiger partial charge in [0.15, 0.2) is 0 Å². The summed E-state index contributed by atoms with van der Waals surface area (Å²) in [6.45, 7) is 4.49. The normalized spacial score (nSPS) is 30.0. The summed E-state index contributed by atoms with van der Waals surface area (Å²) in [6, 6.07) is 3.44. The predicted octanol–water partition coefficient (Wildman–Crippen LogP) is 2.34. The fourth-order valence-electron chi connectivity index (χ4n) is 1.76. The molecule has 0 saturated heterocycles. The Bertz CT molecular complexity index is 254. The molecule has 1 nitrogen and oxygen atoms in total. The summed E-state index contributed by atoms with van der Waals surface area (Å²) in [7, 11) is 0. The van der Waals surface area contributed by atoms with Gasteiger partial charge in [0.25, 0.3) is 0 Å². The third-order valence-electron chi connectivity index (χ3n) is 2.27. The summed E-state index contributed by atoms with van der Waals surface area (Å²) in [4.78, 5) is 1.57. The van der Waals surface area contributed by atoms with Gasteiger partial charge < -0.3 is 5.32 Å². The van der Waals surface area contributed by atoms with Gasteiger partial charge in [-0.05, 0) is 37.3 Å². The van der Waals surface area contributed by atoms with Gasteiger partial charge in [-0.25, -0.2) is 0 Å². The number of hydrogen-bond acceptors (Lipinski definition) is 2. The highest BCUT2D eigenvalue weighted by Gasteiger charge is 2.20. The van der Waals surface area contributed by atoms with Crippen LogP contribution in [0.15, 0.2) is 11.4 Å². The van der Waals surface area contributed by atoms with Gasteiger partial charge in [0.05, 0.1) is 0 Å². The topological polar surface area (TPSA) is 12.0 Å². The van der Waals surface area contributed by atoms with Crippen molar-refractivity contribution >= 4 is 11.3 Å². The van der Waals surface area contributed by atoms with E-state index in [0.717, 1.165) is 0 Å². The van der Waals surface area contributed by atoms with E-state index in [-0.39, 0.29) is 0 Å². The minimum Gasteiger partial charge on any atom is -0.307 e. The van der Waals surface area contributed by atoms with Gasteiger partial charge in [-0.3, -0.25) is 0 Å². The van der Waals surface area contributed by atoms with Crippen molar-refractivity contribution in [2.45, 2.75) is 32.4 Å². The minimum absolute atomic E-state index is 0.556. The molecule has 2 heterocycles.